The van der Waals surface area contributed by atoms with E-state index in [1.54, 1.807) is 7.11 Å². The summed E-state index contributed by atoms with van der Waals surface area (Å²) >= 11 is 6.19. The maximum absolute atomic E-state index is 13.8. The van der Waals surface area contributed by atoms with Crippen molar-refractivity contribution in [1.29, 1.82) is 0 Å². The summed E-state index contributed by atoms with van der Waals surface area (Å²) in [6, 6.07) is 17.8. The fourth-order valence-electron chi connectivity index (χ4n) is 4.96. The number of methoxy groups -OCH3 is 1. The third-order valence-electron chi connectivity index (χ3n) is 6.57. The van der Waals surface area contributed by atoms with Crippen molar-refractivity contribution in [2.75, 3.05) is 20.4 Å². The van der Waals surface area contributed by atoms with E-state index < -0.39 is 0 Å². The van der Waals surface area contributed by atoms with Gasteiger partial charge in [-0.2, -0.15) is 0 Å². The van der Waals surface area contributed by atoms with Gasteiger partial charge in [-0.1, -0.05) is 41.9 Å². The number of rotatable bonds is 4. The van der Waals surface area contributed by atoms with Gasteiger partial charge in [0.05, 0.1) is 19.2 Å². The number of hydrogen-bond donors (Lipinski definition) is 0. The standard InChI is InChI=1S/C27H23ClN2O4/c1-32-25-21-14-29(10-9-18(21)12-24-26(25)34-16-33-24)27(31)22-15-30(23-8-3-2-7-20(22)23)13-17-5-4-6-19(28)11-17/h2-8,11-12,15H,9-10,13-14,16H2,1H3. The van der Waals surface area contributed by atoms with E-state index in [-0.39, 0.29) is 12.7 Å². The molecule has 0 bridgehead atoms. The van der Waals surface area contributed by atoms with Gasteiger partial charge >= 0.3 is 0 Å². The van der Waals surface area contributed by atoms with E-state index in [4.69, 9.17) is 25.8 Å². The number of aromatic nitrogens is 1. The van der Waals surface area contributed by atoms with Crippen LogP contribution in [0.4, 0.5) is 0 Å². The van der Waals surface area contributed by atoms with Crippen molar-refractivity contribution in [3.05, 3.63) is 88.1 Å². The lowest BCUT2D eigenvalue weighted by atomic mass is 9.97. The van der Waals surface area contributed by atoms with Crippen LogP contribution in [0, 0.1) is 0 Å². The Balaban J connectivity index is 1.35. The molecule has 1 aromatic heterocycles. The molecular weight excluding hydrogens is 452 g/mol. The molecule has 0 saturated heterocycles. The van der Waals surface area contributed by atoms with Crippen molar-refractivity contribution in [2.45, 2.75) is 19.5 Å². The summed E-state index contributed by atoms with van der Waals surface area (Å²) < 4.78 is 19.0. The van der Waals surface area contributed by atoms with Crippen LogP contribution < -0.4 is 14.2 Å². The Hall–Kier alpha value is -3.64. The first-order valence-corrected chi connectivity index (χ1v) is 11.6. The molecule has 0 saturated carbocycles. The Kier molecular flexibility index (Phi) is 5.11. The highest BCUT2D eigenvalue weighted by atomic mass is 35.5. The second-order valence-corrected chi connectivity index (χ2v) is 9.01. The fourth-order valence-corrected chi connectivity index (χ4v) is 5.18. The average Bonchev–Trinajstić information content (AvgIpc) is 3.46. The lowest BCUT2D eigenvalue weighted by Crippen LogP contribution is -2.36. The summed E-state index contributed by atoms with van der Waals surface area (Å²) in [5.41, 5.74) is 4.91. The molecule has 0 unspecified atom stereocenters. The van der Waals surface area contributed by atoms with Crippen LogP contribution in [0.5, 0.6) is 17.2 Å². The molecule has 7 heteroatoms. The number of nitrogens with zero attached hydrogens (tertiary/aromatic N) is 2. The summed E-state index contributed by atoms with van der Waals surface area (Å²) in [6.45, 7) is 1.90. The van der Waals surface area contributed by atoms with Gasteiger partial charge in [-0.25, -0.2) is 0 Å². The molecule has 1 amide bonds. The second-order valence-electron chi connectivity index (χ2n) is 8.58. The van der Waals surface area contributed by atoms with Crippen LogP contribution in [-0.4, -0.2) is 35.8 Å². The molecule has 6 nitrogen and oxygen atoms in total. The molecule has 34 heavy (non-hydrogen) atoms. The van der Waals surface area contributed by atoms with Gasteiger partial charge in [0.25, 0.3) is 5.91 Å². The number of carbonyl (C=O) groups excluding carboxylic acids is 1. The first-order valence-electron chi connectivity index (χ1n) is 11.2. The number of ether oxygens (including phenoxy) is 3. The van der Waals surface area contributed by atoms with Crippen molar-refractivity contribution in [2.24, 2.45) is 0 Å². The van der Waals surface area contributed by atoms with Crippen LogP contribution in [0.3, 0.4) is 0 Å². The maximum atomic E-state index is 13.8. The molecule has 0 radical (unpaired) electrons. The second kappa shape index (κ2) is 8.29. The third kappa shape index (κ3) is 3.46. The Morgan fingerprint density at radius 2 is 2.00 bits per heavy atom. The summed E-state index contributed by atoms with van der Waals surface area (Å²) in [7, 11) is 1.63. The Labute approximate surface area is 202 Å². The SMILES string of the molecule is COc1c2c(cc3c1OCO3)CCN(C(=O)c1cn(Cc3cccc(Cl)c3)c3ccccc13)C2. The number of hydrogen-bond acceptors (Lipinski definition) is 4. The van der Waals surface area contributed by atoms with E-state index in [1.807, 2.05) is 65.7 Å². The van der Waals surface area contributed by atoms with Crippen LogP contribution in [0.1, 0.15) is 27.0 Å². The molecule has 172 valence electrons. The predicted molar refractivity (Wildman–Crippen MR) is 130 cm³/mol. The van der Waals surface area contributed by atoms with Gasteiger partial charge in [-0.3, -0.25) is 4.79 Å². The van der Waals surface area contributed by atoms with Crippen LogP contribution in [0.15, 0.2) is 60.8 Å². The van der Waals surface area contributed by atoms with E-state index in [9.17, 15) is 4.79 Å². The molecule has 0 N–H and O–H groups in total. The molecule has 0 spiro atoms. The van der Waals surface area contributed by atoms with E-state index in [1.165, 1.54) is 0 Å². The highest BCUT2D eigenvalue weighted by Gasteiger charge is 2.31. The number of carbonyl (C=O) groups is 1. The molecule has 0 atom stereocenters. The van der Waals surface area contributed by atoms with Crippen LogP contribution in [0.25, 0.3) is 10.9 Å². The Bertz CT molecular complexity index is 1430. The minimum atomic E-state index is 0.00594. The normalized spacial score (nSPS) is 14.4. The van der Waals surface area contributed by atoms with Gasteiger partial charge in [-0.15, -0.1) is 0 Å². The average molecular weight is 475 g/mol. The predicted octanol–water partition coefficient (Wildman–Crippen LogP) is 5.28. The summed E-state index contributed by atoms with van der Waals surface area (Å²) in [4.78, 5) is 15.7. The molecular formula is C27H23ClN2O4. The van der Waals surface area contributed by atoms with Gasteiger partial charge in [0, 0.05) is 40.8 Å². The van der Waals surface area contributed by atoms with Crippen molar-refractivity contribution in [1.82, 2.24) is 9.47 Å². The van der Waals surface area contributed by atoms with Crippen LogP contribution in [0.2, 0.25) is 5.02 Å². The van der Waals surface area contributed by atoms with E-state index >= 15 is 0 Å². The summed E-state index contributed by atoms with van der Waals surface area (Å²) in [5, 5.41) is 1.64. The zero-order chi connectivity index (χ0) is 23.2. The van der Waals surface area contributed by atoms with Gasteiger partial charge in [0.15, 0.2) is 11.5 Å². The van der Waals surface area contributed by atoms with Crippen molar-refractivity contribution < 1.29 is 19.0 Å². The van der Waals surface area contributed by atoms with Crippen molar-refractivity contribution in [3.63, 3.8) is 0 Å². The zero-order valence-electron chi connectivity index (χ0n) is 18.7. The molecule has 4 aromatic rings. The quantitative estimate of drug-likeness (QED) is 0.404. The number of benzene rings is 3. The lowest BCUT2D eigenvalue weighted by Gasteiger charge is -2.30. The summed E-state index contributed by atoms with van der Waals surface area (Å²) in [5.74, 6) is 1.99. The third-order valence-corrected chi connectivity index (χ3v) is 6.80. The number of halogens is 1. The highest BCUT2D eigenvalue weighted by Crippen LogP contribution is 2.46. The minimum absolute atomic E-state index is 0.00594. The van der Waals surface area contributed by atoms with Gasteiger partial charge in [-0.05, 0) is 41.8 Å². The minimum Gasteiger partial charge on any atom is -0.492 e. The zero-order valence-corrected chi connectivity index (χ0v) is 19.5. The first kappa shape index (κ1) is 20.9. The Morgan fingerprint density at radius 3 is 2.85 bits per heavy atom. The van der Waals surface area contributed by atoms with E-state index in [0.29, 0.717) is 47.5 Å². The van der Waals surface area contributed by atoms with Crippen molar-refractivity contribution >= 4 is 28.4 Å². The molecule has 3 heterocycles. The van der Waals surface area contributed by atoms with E-state index in [0.717, 1.165) is 34.0 Å². The number of para-hydroxylation sites is 1. The number of amides is 1. The fraction of sp³-hybridized carbons (Fsp3) is 0.222. The molecule has 2 aliphatic heterocycles. The maximum Gasteiger partial charge on any atom is 0.256 e. The van der Waals surface area contributed by atoms with E-state index in [2.05, 4.69) is 4.57 Å². The largest absolute Gasteiger partial charge is 0.492 e. The molecule has 0 fully saturated rings. The molecule has 2 aliphatic rings. The van der Waals surface area contributed by atoms with Crippen LogP contribution >= 0.6 is 11.6 Å². The Morgan fingerprint density at radius 1 is 1.12 bits per heavy atom. The topological polar surface area (TPSA) is 52.9 Å². The van der Waals surface area contributed by atoms with Gasteiger partial charge in [0.2, 0.25) is 12.5 Å². The summed E-state index contributed by atoms with van der Waals surface area (Å²) in [6.07, 6.45) is 2.69. The highest BCUT2D eigenvalue weighted by molar-refractivity contribution is 6.30. The first-order chi connectivity index (χ1) is 16.6. The molecule has 3 aromatic carbocycles. The molecule has 6 rings (SSSR count). The lowest BCUT2D eigenvalue weighted by molar-refractivity contribution is 0.0734. The van der Waals surface area contributed by atoms with Gasteiger partial charge < -0.3 is 23.7 Å². The molecule has 0 aliphatic carbocycles. The van der Waals surface area contributed by atoms with Gasteiger partial charge in [0.1, 0.15) is 0 Å². The van der Waals surface area contributed by atoms with Crippen LogP contribution in [-0.2, 0) is 19.5 Å². The monoisotopic (exact) mass is 474 g/mol. The number of fused-ring (bicyclic) bond motifs is 3. The smallest absolute Gasteiger partial charge is 0.256 e. The van der Waals surface area contributed by atoms with Crippen molar-refractivity contribution in [3.8, 4) is 17.2 Å².